The van der Waals surface area contributed by atoms with Crippen LogP contribution in [-0.4, -0.2) is 5.88 Å². The average molecular weight is 348 g/mol. The molecule has 1 heterocycles. The minimum Gasteiger partial charge on any atom is -0.207 e. The predicted octanol–water partition coefficient (Wildman–Crippen LogP) is 5.29. The molecule has 1 aromatic heterocycles. The highest BCUT2D eigenvalue weighted by Crippen LogP contribution is 2.26. The highest BCUT2D eigenvalue weighted by Gasteiger charge is 2.11. The van der Waals surface area contributed by atoms with Gasteiger partial charge in [0.25, 0.3) is 0 Å². The largest absolute Gasteiger partial charge is 0.207 e. The van der Waals surface area contributed by atoms with Gasteiger partial charge in [-0.05, 0) is 64.5 Å². The third kappa shape index (κ3) is 4.08. The number of hydrogen-bond donors (Lipinski definition) is 0. The van der Waals surface area contributed by atoms with E-state index in [1.54, 1.807) is 23.5 Å². The molecule has 0 bridgehead atoms. The topological polar surface area (TPSA) is 0 Å². The second kappa shape index (κ2) is 6.69. The zero-order valence-corrected chi connectivity index (χ0v) is 12.9. The first-order valence-electron chi connectivity index (χ1n) is 5.72. The fourth-order valence-electron chi connectivity index (χ4n) is 1.92. The third-order valence-electron chi connectivity index (χ3n) is 2.75. The maximum atomic E-state index is 13.1. The lowest BCUT2D eigenvalue weighted by molar-refractivity contribution is 0.581. The molecular weight excluding hydrogens is 335 g/mol. The predicted molar refractivity (Wildman–Crippen MR) is 80.0 cm³/mol. The van der Waals surface area contributed by atoms with E-state index >= 15 is 0 Å². The fraction of sp³-hybridized carbons (Fsp3) is 0.286. The van der Waals surface area contributed by atoms with Crippen LogP contribution in [0.5, 0.6) is 0 Å². The van der Waals surface area contributed by atoms with Crippen LogP contribution in [0.1, 0.15) is 10.4 Å². The summed E-state index contributed by atoms with van der Waals surface area (Å²) >= 11 is 11.2. The molecule has 0 spiro atoms. The Balaban J connectivity index is 2.01. The number of thiophene rings is 1. The fourth-order valence-corrected chi connectivity index (χ4v) is 3.74. The van der Waals surface area contributed by atoms with E-state index in [9.17, 15) is 4.39 Å². The molecule has 1 unspecified atom stereocenters. The Labute approximate surface area is 124 Å². The van der Waals surface area contributed by atoms with E-state index in [1.807, 2.05) is 12.1 Å². The van der Waals surface area contributed by atoms with Crippen molar-refractivity contribution < 1.29 is 4.39 Å². The van der Waals surface area contributed by atoms with Crippen molar-refractivity contribution in [3.05, 3.63) is 56.4 Å². The highest BCUT2D eigenvalue weighted by atomic mass is 79.9. The molecule has 0 saturated carbocycles. The van der Waals surface area contributed by atoms with Gasteiger partial charge in [0.2, 0.25) is 0 Å². The van der Waals surface area contributed by atoms with Gasteiger partial charge in [0.15, 0.2) is 0 Å². The Bertz CT molecular complexity index is 512. The van der Waals surface area contributed by atoms with Crippen LogP contribution in [0.2, 0.25) is 0 Å². The molecule has 0 nitrogen and oxygen atoms in total. The first kappa shape index (κ1) is 14.0. The Morgan fingerprint density at radius 1 is 1.22 bits per heavy atom. The first-order valence-corrected chi connectivity index (χ1v) is 7.86. The van der Waals surface area contributed by atoms with Gasteiger partial charge in [0, 0.05) is 10.8 Å². The quantitative estimate of drug-likeness (QED) is 0.645. The molecule has 96 valence electrons. The van der Waals surface area contributed by atoms with Crippen LogP contribution < -0.4 is 0 Å². The van der Waals surface area contributed by atoms with Gasteiger partial charge >= 0.3 is 0 Å². The van der Waals surface area contributed by atoms with Crippen molar-refractivity contribution >= 4 is 38.9 Å². The Kier molecular flexibility index (Phi) is 5.22. The van der Waals surface area contributed by atoms with Crippen LogP contribution in [0.4, 0.5) is 4.39 Å². The van der Waals surface area contributed by atoms with E-state index in [1.165, 1.54) is 10.9 Å². The standard InChI is InChI=1S/C14H13BrClFS/c15-14-5-4-13(18-14)8-11(9-16)6-10-2-1-3-12(17)7-10/h1-5,7,11H,6,8-9H2. The SMILES string of the molecule is Fc1cccc(CC(CCl)Cc2ccc(Br)s2)c1. The van der Waals surface area contributed by atoms with Crippen LogP contribution in [0.3, 0.4) is 0 Å². The monoisotopic (exact) mass is 346 g/mol. The van der Waals surface area contributed by atoms with Gasteiger partial charge in [-0.25, -0.2) is 4.39 Å². The maximum Gasteiger partial charge on any atom is 0.123 e. The molecule has 1 atom stereocenters. The zero-order chi connectivity index (χ0) is 13.0. The van der Waals surface area contributed by atoms with Crippen molar-refractivity contribution in [2.75, 3.05) is 5.88 Å². The zero-order valence-electron chi connectivity index (χ0n) is 9.70. The molecular formula is C14H13BrClFS. The molecule has 0 amide bonds. The van der Waals surface area contributed by atoms with Gasteiger partial charge in [0.05, 0.1) is 3.79 Å². The highest BCUT2D eigenvalue weighted by molar-refractivity contribution is 9.11. The first-order chi connectivity index (χ1) is 8.67. The van der Waals surface area contributed by atoms with Crippen molar-refractivity contribution in [2.24, 2.45) is 5.92 Å². The Hall–Kier alpha value is -0.380. The second-order valence-corrected chi connectivity index (χ2v) is 7.12. The number of halogens is 3. The summed E-state index contributed by atoms with van der Waals surface area (Å²) in [7, 11) is 0. The molecule has 18 heavy (non-hydrogen) atoms. The molecule has 0 aliphatic carbocycles. The molecule has 2 rings (SSSR count). The minimum absolute atomic E-state index is 0.181. The van der Waals surface area contributed by atoms with E-state index < -0.39 is 0 Å². The Morgan fingerprint density at radius 3 is 2.67 bits per heavy atom. The van der Waals surface area contributed by atoms with Crippen molar-refractivity contribution in [3.8, 4) is 0 Å². The lowest BCUT2D eigenvalue weighted by atomic mass is 9.97. The van der Waals surface area contributed by atoms with Gasteiger partial charge in [-0.1, -0.05) is 12.1 Å². The molecule has 0 N–H and O–H groups in total. The molecule has 4 heteroatoms. The maximum absolute atomic E-state index is 13.1. The van der Waals surface area contributed by atoms with Crippen LogP contribution in [0, 0.1) is 11.7 Å². The number of benzene rings is 1. The molecule has 0 saturated heterocycles. The Morgan fingerprint density at radius 2 is 2.06 bits per heavy atom. The van der Waals surface area contributed by atoms with Gasteiger partial charge in [0.1, 0.15) is 5.82 Å². The van der Waals surface area contributed by atoms with E-state index in [2.05, 4.69) is 22.0 Å². The number of alkyl halides is 1. The summed E-state index contributed by atoms with van der Waals surface area (Å²) in [6, 6.07) is 10.9. The number of hydrogen-bond acceptors (Lipinski definition) is 1. The van der Waals surface area contributed by atoms with Crippen molar-refractivity contribution in [2.45, 2.75) is 12.8 Å². The van der Waals surface area contributed by atoms with Crippen LogP contribution in [0.25, 0.3) is 0 Å². The molecule has 0 aliphatic heterocycles. The van der Waals surface area contributed by atoms with Crippen molar-refractivity contribution in [1.29, 1.82) is 0 Å². The normalized spacial score (nSPS) is 12.6. The third-order valence-corrected chi connectivity index (χ3v) is 4.83. The summed E-state index contributed by atoms with van der Waals surface area (Å²) in [6.45, 7) is 0. The minimum atomic E-state index is -0.181. The molecule has 0 fully saturated rings. The number of rotatable bonds is 5. The summed E-state index contributed by atoms with van der Waals surface area (Å²) in [5.74, 6) is 0.755. The van der Waals surface area contributed by atoms with Crippen molar-refractivity contribution in [1.82, 2.24) is 0 Å². The van der Waals surface area contributed by atoms with Gasteiger partial charge < -0.3 is 0 Å². The van der Waals surface area contributed by atoms with Gasteiger partial charge in [-0.15, -0.1) is 22.9 Å². The van der Waals surface area contributed by atoms with E-state index in [0.717, 1.165) is 22.2 Å². The van der Waals surface area contributed by atoms with Crippen LogP contribution >= 0.6 is 38.9 Å². The van der Waals surface area contributed by atoms with E-state index in [4.69, 9.17) is 11.6 Å². The smallest absolute Gasteiger partial charge is 0.123 e. The van der Waals surface area contributed by atoms with Crippen LogP contribution in [0.15, 0.2) is 40.2 Å². The molecule has 1 aromatic carbocycles. The average Bonchev–Trinajstić information content (AvgIpc) is 2.74. The molecule has 0 radical (unpaired) electrons. The van der Waals surface area contributed by atoms with E-state index in [0.29, 0.717) is 11.8 Å². The van der Waals surface area contributed by atoms with Crippen molar-refractivity contribution in [3.63, 3.8) is 0 Å². The van der Waals surface area contributed by atoms with Crippen LogP contribution in [-0.2, 0) is 12.8 Å². The molecule has 0 aliphatic rings. The summed E-state index contributed by atoms with van der Waals surface area (Å²) in [4.78, 5) is 1.31. The summed E-state index contributed by atoms with van der Waals surface area (Å²) in [5, 5.41) is 0. The second-order valence-electron chi connectivity index (χ2n) is 4.26. The summed E-state index contributed by atoms with van der Waals surface area (Å²) in [6.07, 6.45) is 1.76. The lowest BCUT2D eigenvalue weighted by Gasteiger charge is -2.12. The van der Waals surface area contributed by atoms with E-state index in [-0.39, 0.29) is 5.82 Å². The molecule has 2 aromatic rings. The van der Waals surface area contributed by atoms with Gasteiger partial charge in [-0.2, -0.15) is 0 Å². The lowest BCUT2D eigenvalue weighted by Crippen LogP contribution is -2.09. The summed E-state index contributed by atoms with van der Waals surface area (Å²) in [5.41, 5.74) is 1.01. The van der Waals surface area contributed by atoms with Gasteiger partial charge in [-0.3, -0.25) is 0 Å². The summed E-state index contributed by atoms with van der Waals surface area (Å²) < 4.78 is 14.3.